The van der Waals surface area contributed by atoms with Gasteiger partial charge in [-0.3, -0.25) is 4.79 Å². The molecule has 0 aliphatic rings. The van der Waals surface area contributed by atoms with E-state index in [1.165, 1.54) is 36.7 Å². The predicted molar refractivity (Wildman–Crippen MR) is 116 cm³/mol. The molecule has 158 valence electrons. The number of para-hydroxylation sites is 1. The number of hydrogen-bond donors (Lipinski definition) is 3. The van der Waals surface area contributed by atoms with Gasteiger partial charge in [0.15, 0.2) is 4.21 Å². The van der Waals surface area contributed by atoms with Gasteiger partial charge >= 0.3 is 11.7 Å². The number of amides is 2. The quantitative estimate of drug-likeness (QED) is 0.427. The Morgan fingerprint density at radius 2 is 1.81 bits per heavy atom. The summed E-state index contributed by atoms with van der Waals surface area (Å²) in [4.78, 5) is 43.7. The van der Waals surface area contributed by atoms with Crippen LogP contribution in [0.1, 0.15) is 5.69 Å². The van der Waals surface area contributed by atoms with Crippen molar-refractivity contribution in [1.29, 1.82) is 0 Å². The molecule has 4 aromatic rings. The van der Waals surface area contributed by atoms with E-state index in [-0.39, 0.29) is 15.6 Å². The van der Waals surface area contributed by atoms with Gasteiger partial charge in [-0.2, -0.15) is 0 Å². The molecule has 0 bridgehead atoms. The molecule has 3 N–H and O–H groups in total. The first kappa shape index (κ1) is 20.5. The number of carbonyl (C=O) groups is 1. The molecule has 0 saturated heterocycles. The van der Waals surface area contributed by atoms with E-state index in [2.05, 4.69) is 15.3 Å². The summed E-state index contributed by atoms with van der Waals surface area (Å²) in [5.74, 6) is 0. The van der Waals surface area contributed by atoms with Gasteiger partial charge in [-0.15, -0.1) is 11.3 Å². The van der Waals surface area contributed by atoms with Crippen molar-refractivity contribution in [2.45, 2.75) is 11.1 Å². The van der Waals surface area contributed by atoms with Gasteiger partial charge in [-0.1, -0.05) is 12.1 Å². The predicted octanol–water partition coefficient (Wildman–Crippen LogP) is 1.95. The van der Waals surface area contributed by atoms with Crippen molar-refractivity contribution >= 4 is 44.0 Å². The molecule has 12 heteroatoms. The van der Waals surface area contributed by atoms with Crippen LogP contribution >= 0.6 is 11.3 Å². The number of H-pyrrole nitrogens is 1. The zero-order chi connectivity index (χ0) is 22.2. The molecule has 4 rings (SSSR count). The van der Waals surface area contributed by atoms with Crippen molar-refractivity contribution in [3.63, 3.8) is 0 Å². The minimum Gasteiger partial charge on any atom is -0.307 e. The summed E-state index contributed by atoms with van der Waals surface area (Å²) < 4.78 is 27.4. The van der Waals surface area contributed by atoms with Gasteiger partial charge < -0.3 is 10.3 Å². The number of sulfonamides is 1. The lowest BCUT2D eigenvalue weighted by Gasteiger charge is -2.10. The van der Waals surface area contributed by atoms with Crippen molar-refractivity contribution in [2.75, 3.05) is 5.32 Å². The van der Waals surface area contributed by atoms with E-state index in [1.54, 1.807) is 24.3 Å². The third kappa shape index (κ3) is 3.98. The van der Waals surface area contributed by atoms with Crippen molar-refractivity contribution in [3.05, 3.63) is 80.6 Å². The standard InChI is InChI=1S/C19H15N5O5S2/c1-11-17(30-10-20-11)31(28,29)23-18(26)21-12-6-8-13(9-7-12)24-16(25)14-4-2-3-5-15(14)22-19(24)27/h2-10H,1H3,(H,22,27)(H2,21,23,26). The van der Waals surface area contributed by atoms with Crippen LogP contribution < -0.4 is 21.3 Å². The van der Waals surface area contributed by atoms with E-state index in [1.807, 2.05) is 4.72 Å². The molecule has 0 aliphatic heterocycles. The summed E-state index contributed by atoms with van der Waals surface area (Å²) in [6.45, 7) is 1.53. The van der Waals surface area contributed by atoms with E-state index < -0.39 is 27.3 Å². The normalized spacial score (nSPS) is 11.4. The van der Waals surface area contributed by atoms with Crippen LogP contribution in [0.3, 0.4) is 0 Å². The molecular formula is C19H15N5O5S2. The topological polar surface area (TPSA) is 143 Å². The lowest BCUT2D eigenvalue weighted by atomic mass is 10.2. The van der Waals surface area contributed by atoms with Gasteiger partial charge in [0.05, 0.1) is 27.8 Å². The molecule has 0 atom stereocenters. The number of nitrogens with one attached hydrogen (secondary N) is 3. The molecule has 0 aliphatic carbocycles. The first-order chi connectivity index (χ1) is 14.8. The number of carbonyl (C=O) groups excluding carboxylic acids is 1. The van der Waals surface area contributed by atoms with E-state index in [4.69, 9.17) is 0 Å². The first-order valence-electron chi connectivity index (χ1n) is 8.85. The van der Waals surface area contributed by atoms with E-state index >= 15 is 0 Å². The highest BCUT2D eigenvalue weighted by Crippen LogP contribution is 2.19. The van der Waals surface area contributed by atoms with Gasteiger partial charge in [0.1, 0.15) is 0 Å². The van der Waals surface area contributed by atoms with Crippen molar-refractivity contribution < 1.29 is 13.2 Å². The minimum absolute atomic E-state index is 0.0482. The Morgan fingerprint density at radius 3 is 2.48 bits per heavy atom. The SMILES string of the molecule is Cc1ncsc1S(=O)(=O)NC(=O)Nc1ccc(-n2c(=O)[nH]c3ccccc3c2=O)cc1. The number of thiazole rings is 1. The van der Waals surface area contributed by atoms with E-state index in [0.717, 1.165) is 15.9 Å². The smallest absolute Gasteiger partial charge is 0.307 e. The van der Waals surface area contributed by atoms with Crippen LogP contribution in [0.5, 0.6) is 0 Å². The van der Waals surface area contributed by atoms with Crippen LogP contribution in [-0.4, -0.2) is 29.0 Å². The third-order valence-electron chi connectivity index (χ3n) is 4.36. The Hall–Kier alpha value is -3.77. The Balaban J connectivity index is 1.56. The molecule has 2 heterocycles. The molecule has 0 unspecified atom stereocenters. The maximum absolute atomic E-state index is 12.7. The second-order valence-corrected chi connectivity index (χ2v) is 9.18. The van der Waals surface area contributed by atoms with Crippen LogP contribution in [0, 0.1) is 6.92 Å². The number of benzene rings is 2. The molecule has 2 amide bonds. The minimum atomic E-state index is -4.05. The lowest BCUT2D eigenvalue weighted by Crippen LogP contribution is -2.34. The summed E-state index contributed by atoms with van der Waals surface area (Å²) in [5, 5.41) is 2.75. The van der Waals surface area contributed by atoms with Crippen LogP contribution in [0.15, 0.2) is 67.8 Å². The molecule has 2 aromatic carbocycles. The summed E-state index contributed by atoms with van der Waals surface area (Å²) in [6, 6.07) is 11.5. The van der Waals surface area contributed by atoms with E-state index in [9.17, 15) is 22.8 Å². The highest BCUT2D eigenvalue weighted by Gasteiger charge is 2.22. The Bertz CT molecular complexity index is 1520. The average molecular weight is 457 g/mol. The molecule has 2 aromatic heterocycles. The first-order valence-corrected chi connectivity index (χ1v) is 11.2. The Kier molecular flexibility index (Phi) is 5.17. The Labute approximate surface area is 179 Å². The maximum atomic E-state index is 12.7. The van der Waals surface area contributed by atoms with Gasteiger partial charge in [-0.25, -0.2) is 32.3 Å². The number of anilines is 1. The number of hydrogen-bond acceptors (Lipinski definition) is 7. The zero-order valence-electron chi connectivity index (χ0n) is 15.9. The second-order valence-electron chi connectivity index (χ2n) is 6.45. The highest BCUT2D eigenvalue weighted by atomic mass is 32.2. The fourth-order valence-electron chi connectivity index (χ4n) is 2.96. The van der Waals surface area contributed by atoms with E-state index in [0.29, 0.717) is 16.6 Å². The van der Waals surface area contributed by atoms with Gasteiger partial charge in [0.2, 0.25) is 0 Å². The van der Waals surface area contributed by atoms with Crippen molar-refractivity contribution in [3.8, 4) is 5.69 Å². The van der Waals surface area contributed by atoms with Gasteiger partial charge in [0, 0.05) is 5.69 Å². The lowest BCUT2D eigenvalue weighted by molar-refractivity contribution is 0.256. The number of urea groups is 1. The largest absolute Gasteiger partial charge is 0.333 e. The van der Waals surface area contributed by atoms with Crippen molar-refractivity contribution in [1.82, 2.24) is 19.3 Å². The van der Waals surface area contributed by atoms with Crippen LogP contribution in [0.2, 0.25) is 0 Å². The van der Waals surface area contributed by atoms with Crippen LogP contribution in [0.4, 0.5) is 10.5 Å². The number of rotatable bonds is 4. The molecule has 0 fully saturated rings. The fourth-order valence-corrected chi connectivity index (χ4v) is 5.08. The summed E-state index contributed by atoms with van der Waals surface area (Å²) in [7, 11) is -4.05. The van der Waals surface area contributed by atoms with Crippen LogP contribution in [-0.2, 0) is 10.0 Å². The average Bonchev–Trinajstić information content (AvgIpc) is 3.16. The number of nitrogens with zero attached hydrogens (tertiary/aromatic N) is 2. The third-order valence-corrected chi connectivity index (χ3v) is 7.27. The number of aromatic amines is 1. The number of aromatic nitrogens is 3. The molecule has 31 heavy (non-hydrogen) atoms. The van der Waals surface area contributed by atoms with Gasteiger partial charge in [0.25, 0.3) is 15.6 Å². The van der Waals surface area contributed by atoms with Crippen LogP contribution in [0.25, 0.3) is 16.6 Å². The van der Waals surface area contributed by atoms with Gasteiger partial charge in [-0.05, 0) is 43.3 Å². The monoisotopic (exact) mass is 457 g/mol. The summed E-state index contributed by atoms with van der Waals surface area (Å²) in [6.07, 6.45) is 0. The summed E-state index contributed by atoms with van der Waals surface area (Å²) >= 11 is 0.901. The Morgan fingerprint density at radius 1 is 1.10 bits per heavy atom. The molecule has 0 radical (unpaired) electrons. The van der Waals surface area contributed by atoms with Crippen molar-refractivity contribution in [2.24, 2.45) is 0 Å². The highest BCUT2D eigenvalue weighted by molar-refractivity contribution is 7.92. The molecular weight excluding hydrogens is 442 g/mol. The zero-order valence-corrected chi connectivity index (χ0v) is 17.6. The number of fused-ring (bicyclic) bond motifs is 1. The molecule has 0 saturated carbocycles. The fraction of sp³-hybridized carbons (Fsp3) is 0.0526. The molecule has 10 nitrogen and oxygen atoms in total. The maximum Gasteiger partial charge on any atom is 0.333 e. The molecule has 0 spiro atoms. The number of aryl methyl sites for hydroxylation is 1. The summed E-state index contributed by atoms with van der Waals surface area (Å²) in [5.41, 5.74) is 1.56. The second kappa shape index (κ2) is 7.81.